The molecule has 11 nitrogen and oxygen atoms in total. The van der Waals surface area contributed by atoms with Crippen molar-refractivity contribution in [3.8, 4) is 22.5 Å². The molecule has 0 radical (unpaired) electrons. The first-order valence-corrected chi connectivity index (χ1v) is 14.2. The minimum atomic E-state index is -0.711. The number of carboxylic acids is 1. The molecule has 4 aromatic rings. The van der Waals surface area contributed by atoms with Crippen molar-refractivity contribution in [3.05, 3.63) is 42.5 Å². The summed E-state index contributed by atoms with van der Waals surface area (Å²) in [5.41, 5.74) is 8.88. The molecule has 208 valence electrons. The number of amides is 2. The van der Waals surface area contributed by atoms with E-state index >= 15 is 0 Å². The number of thiazole rings is 1. The Kier molecular flexibility index (Phi) is 7.61. The predicted octanol–water partition coefficient (Wildman–Crippen LogP) is 4.90. The lowest BCUT2D eigenvalue weighted by Gasteiger charge is -2.38. The molecule has 3 aromatic heterocycles. The summed E-state index contributed by atoms with van der Waals surface area (Å²) in [4.78, 5) is 50.6. The van der Waals surface area contributed by atoms with Gasteiger partial charge in [-0.15, -0.1) is 0 Å². The summed E-state index contributed by atoms with van der Waals surface area (Å²) in [6.07, 6.45) is 7.93. The topological polar surface area (TPSA) is 151 Å². The van der Waals surface area contributed by atoms with E-state index in [1.54, 1.807) is 18.6 Å². The van der Waals surface area contributed by atoms with Gasteiger partial charge in [-0.2, -0.15) is 0 Å². The number of hydrogen-bond acceptors (Lipinski definition) is 9. The van der Waals surface area contributed by atoms with Crippen LogP contribution in [-0.2, 0) is 4.79 Å². The van der Waals surface area contributed by atoms with Crippen LogP contribution in [0.15, 0.2) is 36.8 Å². The molecule has 0 saturated carbocycles. The fourth-order valence-electron chi connectivity index (χ4n) is 5.25. The Bertz CT molecular complexity index is 1550. The molecule has 0 unspecified atom stereocenters. The number of urea groups is 1. The van der Waals surface area contributed by atoms with E-state index in [2.05, 4.69) is 19.9 Å². The van der Waals surface area contributed by atoms with Gasteiger partial charge in [-0.1, -0.05) is 24.7 Å². The Morgan fingerprint density at radius 3 is 2.42 bits per heavy atom. The number of fused-ring (bicyclic) bond motifs is 1. The number of aryl methyl sites for hydroxylation is 1. The number of primary amides is 1. The lowest BCUT2D eigenvalue weighted by molar-refractivity contribution is -0.150. The zero-order valence-corrected chi connectivity index (χ0v) is 23.6. The quantitative estimate of drug-likeness (QED) is 0.307. The molecule has 1 aromatic carbocycles. The van der Waals surface area contributed by atoms with Gasteiger partial charge in [0.1, 0.15) is 0 Å². The van der Waals surface area contributed by atoms with Gasteiger partial charge in [-0.05, 0) is 56.9 Å². The van der Waals surface area contributed by atoms with E-state index in [1.807, 2.05) is 43.9 Å². The van der Waals surface area contributed by atoms with E-state index in [1.165, 1.54) is 16.2 Å². The molecule has 0 atom stereocenters. The summed E-state index contributed by atoms with van der Waals surface area (Å²) in [6.45, 7) is 7.38. The number of nitrogens with two attached hydrogens (primary N) is 1. The summed E-state index contributed by atoms with van der Waals surface area (Å²) in [6, 6.07) is 5.21. The molecule has 5 rings (SSSR count). The van der Waals surface area contributed by atoms with Crippen LogP contribution in [0, 0.1) is 12.3 Å². The molecule has 0 spiro atoms. The second-order valence-corrected chi connectivity index (χ2v) is 11.0. The number of rotatable bonds is 8. The third kappa shape index (κ3) is 5.18. The number of piperidine rings is 1. The van der Waals surface area contributed by atoms with Gasteiger partial charge in [0.05, 0.1) is 15.6 Å². The number of aromatic nitrogens is 5. The lowest BCUT2D eigenvalue weighted by atomic mass is 9.75. The highest BCUT2D eigenvalue weighted by molar-refractivity contribution is 7.23. The van der Waals surface area contributed by atoms with Gasteiger partial charge in [0.15, 0.2) is 11.0 Å². The molecule has 0 bridgehead atoms. The van der Waals surface area contributed by atoms with Gasteiger partial charge >= 0.3 is 12.0 Å². The minimum absolute atomic E-state index is 0.399. The number of carbonyl (C=O) groups excluding carboxylic acids is 1. The number of hydrogen-bond donors (Lipinski definition) is 2. The van der Waals surface area contributed by atoms with Crippen LogP contribution < -0.4 is 15.5 Å². The van der Waals surface area contributed by atoms with Crippen molar-refractivity contribution >= 4 is 44.6 Å². The molecule has 1 saturated heterocycles. The molecule has 40 heavy (non-hydrogen) atoms. The molecule has 1 aliphatic rings. The van der Waals surface area contributed by atoms with Crippen molar-refractivity contribution < 1.29 is 14.7 Å². The van der Waals surface area contributed by atoms with E-state index in [9.17, 15) is 14.7 Å². The van der Waals surface area contributed by atoms with Crippen LogP contribution in [0.2, 0.25) is 0 Å². The van der Waals surface area contributed by atoms with Gasteiger partial charge in [0.25, 0.3) is 0 Å². The monoisotopic (exact) mass is 560 g/mol. The van der Waals surface area contributed by atoms with Gasteiger partial charge in [0, 0.05) is 55.0 Å². The van der Waals surface area contributed by atoms with E-state index in [4.69, 9.17) is 10.7 Å². The summed E-state index contributed by atoms with van der Waals surface area (Å²) in [5, 5.41) is 10.3. The summed E-state index contributed by atoms with van der Waals surface area (Å²) < 4.78 is 0.851. The first-order valence-electron chi connectivity index (χ1n) is 13.4. The minimum Gasteiger partial charge on any atom is -0.481 e. The highest BCUT2D eigenvalue weighted by atomic mass is 32.1. The van der Waals surface area contributed by atoms with Crippen molar-refractivity contribution in [2.45, 2.75) is 46.5 Å². The van der Waals surface area contributed by atoms with E-state index < -0.39 is 17.4 Å². The molecular weight excluding hydrogens is 528 g/mol. The SMILES string of the molecule is CCCC1(C(=O)O)CCN(c2ncc(-c3cc(-c4nccc(C)n4)c4sc(N(CC)C(N)=O)nc4c3)cn2)CC1. The first kappa shape index (κ1) is 27.4. The predicted molar refractivity (Wildman–Crippen MR) is 155 cm³/mol. The van der Waals surface area contributed by atoms with Crippen LogP contribution in [0.5, 0.6) is 0 Å². The molecule has 2 amide bonds. The second kappa shape index (κ2) is 11.1. The first-order chi connectivity index (χ1) is 19.2. The maximum absolute atomic E-state index is 12.0. The van der Waals surface area contributed by atoms with Gasteiger partial charge in [-0.25, -0.2) is 29.7 Å². The van der Waals surface area contributed by atoms with E-state index in [-0.39, 0.29) is 0 Å². The number of benzene rings is 1. The maximum Gasteiger partial charge on any atom is 0.321 e. The van der Waals surface area contributed by atoms with Gasteiger partial charge < -0.3 is 15.7 Å². The number of anilines is 2. The highest BCUT2D eigenvalue weighted by Crippen LogP contribution is 2.40. The average molecular weight is 561 g/mol. The van der Waals surface area contributed by atoms with Crippen LogP contribution in [0.1, 0.15) is 45.2 Å². The number of carboxylic acid groups (broad SMARTS) is 1. The maximum atomic E-state index is 12.0. The summed E-state index contributed by atoms with van der Waals surface area (Å²) in [7, 11) is 0. The molecule has 0 aliphatic carbocycles. The number of nitrogens with zero attached hydrogens (tertiary/aromatic N) is 7. The second-order valence-electron chi connectivity index (χ2n) is 10.1. The molecule has 4 heterocycles. The van der Waals surface area contributed by atoms with Gasteiger partial charge in [0.2, 0.25) is 5.95 Å². The third-order valence-corrected chi connectivity index (χ3v) is 8.61. The summed E-state index contributed by atoms with van der Waals surface area (Å²) >= 11 is 1.37. The fourth-order valence-corrected chi connectivity index (χ4v) is 6.38. The number of aliphatic carboxylic acids is 1. The van der Waals surface area contributed by atoms with Crippen LogP contribution in [-0.4, -0.2) is 61.7 Å². The largest absolute Gasteiger partial charge is 0.481 e. The van der Waals surface area contributed by atoms with E-state index in [0.717, 1.165) is 33.5 Å². The van der Waals surface area contributed by atoms with Crippen LogP contribution in [0.25, 0.3) is 32.7 Å². The molecule has 12 heteroatoms. The van der Waals surface area contributed by atoms with Crippen molar-refractivity contribution in [3.63, 3.8) is 0 Å². The average Bonchev–Trinajstić information content (AvgIpc) is 3.37. The molecule has 1 fully saturated rings. The smallest absolute Gasteiger partial charge is 0.321 e. The standard InChI is InChI=1S/C28H32N8O3S/c1-4-7-28(24(37)38)8-11-35(12-9-28)26-31-15-19(16-32-26)18-13-20(23-30-10-6-17(3)33-23)22-21(14-18)34-27(40-22)36(5-2)25(29)39/h6,10,13-16H,4-5,7-9,11-12H2,1-3H3,(H2,29,39)(H,37,38). The fraction of sp³-hybridized carbons (Fsp3) is 0.393. The van der Waals surface area contributed by atoms with Crippen molar-refractivity contribution in [1.29, 1.82) is 0 Å². The number of carbonyl (C=O) groups is 2. The summed E-state index contributed by atoms with van der Waals surface area (Å²) in [5.74, 6) is 0.430. The zero-order valence-electron chi connectivity index (χ0n) is 22.8. The molecular formula is C28H32N8O3S. The Morgan fingerprint density at radius 2 is 1.82 bits per heavy atom. The van der Waals surface area contributed by atoms with E-state index in [0.29, 0.717) is 61.3 Å². The van der Waals surface area contributed by atoms with Crippen LogP contribution in [0.4, 0.5) is 15.9 Å². The normalized spacial score (nSPS) is 14.8. The van der Waals surface area contributed by atoms with Gasteiger partial charge in [-0.3, -0.25) is 9.69 Å². The zero-order chi connectivity index (χ0) is 28.4. The Balaban J connectivity index is 1.49. The highest BCUT2D eigenvalue weighted by Gasteiger charge is 2.41. The lowest BCUT2D eigenvalue weighted by Crippen LogP contribution is -2.45. The van der Waals surface area contributed by atoms with Crippen LogP contribution in [0.3, 0.4) is 0 Å². The Labute approximate surface area is 236 Å². The van der Waals surface area contributed by atoms with Crippen molar-refractivity contribution in [2.24, 2.45) is 11.1 Å². The van der Waals surface area contributed by atoms with Crippen molar-refractivity contribution in [1.82, 2.24) is 24.9 Å². The Hall–Kier alpha value is -4.19. The molecule has 1 aliphatic heterocycles. The Morgan fingerprint density at radius 1 is 1.10 bits per heavy atom. The van der Waals surface area contributed by atoms with Crippen molar-refractivity contribution in [2.75, 3.05) is 29.4 Å². The molecule has 3 N–H and O–H groups in total. The third-order valence-electron chi connectivity index (χ3n) is 7.48. The van der Waals surface area contributed by atoms with Crippen LogP contribution >= 0.6 is 11.3 Å².